The van der Waals surface area contributed by atoms with Gasteiger partial charge in [0.05, 0.1) is 0 Å². The summed E-state index contributed by atoms with van der Waals surface area (Å²) in [5, 5.41) is 25.0. The van der Waals surface area contributed by atoms with Crippen molar-refractivity contribution in [3.63, 3.8) is 0 Å². The number of hydrazine groups is 2. The summed E-state index contributed by atoms with van der Waals surface area (Å²) in [4.78, 5) is 0. The highest BCUT2D eigenvalue weighted by molar-refractivity contribution is 5.05. The van der Waals surface area contributed by atoms with Crippen molar-refractivity contribution in [3.8, 4) is 0 Å². The number of hydrogen-bond donors (Lipinski definition) is 4. The van der Waals surface area contributed by atoms with Crippen molar-refractivity contribution < 1.29 is 18.3 Å². The van der Waals surface area contributed by atoms with Crippen molar-refractivity contribution in [2.24, 2.45) is 28.1 Å². The van der Waals surface area contributed by atoms with Crippen LogP contribution in [0.3, 0.4) is 0 Å². The summed E-state index contributed by atoms with van der Waals surface area (Å²) < 4.78 is 40.3. The molecule has 0 saturated carbocycles. The van der Waals surface area contributed by atoms with E-state index in [-0.39, 0.29) is 18.4 Å². The van der Waals surface area contributed by atoms with E-state index in [0.29, 0.717) is 0 Å². The molecule has 150 valence electrons. The van der Waals surface area contributed by atoms with E-state index in [9.17, 15) is 18.3 Å². The summed E-state index contributed by atoms with van der Waals surface area (Å²) in [6.07, 6.45) is -5.89. The third-order valence-electron chi connectivity index (χ3n) is 6.11. The highest BCUT2D eigenvalue weighted by atomic mass is 19.4. The van der Waals surface area contributed by atoms with Gasteiger partial charge in [-0.2, -0.15) is 18.6 Å². The number of aliphatic hydroxyl groups excluding tert-OH is 1. The molecule has 11 heteroatoms. The van der Waals surface area contributed by atoms with Gasteiger partial charge in [-0.25, -0.2) is 15.6 Å². The van der Waals surface area contributed by atoms with Crippen LogP contribution in [0.1, 0.15) is 27.2 Å². The Morgan fingerprint density at radius 1 is 1.35 bits per heavy atom. The topological polar surface area (TPSA) is 87.5 Å². The molecule has 4 N–H and O–H groups in total. The lowest BCUT2D eigenvalue weighted by atomic mass is 9.69. The number of rotatable bonds is 3. The Balaban J connectivity index is 1.96. The normalized spacial score (nSPS) is 45.2. The summed E-state index contributed by atoms with van der Waals surface area (Å²) >= 11 is 0. The van der Waals surface area contributed by atoms with Gasteiger partial charge in [-0.3, -0.25) is 5.32 Å². The van der Waals surface area contributed by atoms with Crippen molar-refractivity contribution >= 4 is 0 Å². The first-order chi connectivity index (χ1) is 12.1. The molecule has 7 unspecified atom stereocenters. The third-order valence-corrected chi connectivity index (χ3v) is 6.11. The summed E-state index contributed by atoms with van der Waals surface area (Å²) in [5.74, 6) is -0.834. The third kappa shape index (κ3) is 3.31. The van der Waals surface area contributed by atoms with Crippen LogP contribution in [0.25, 0.3) is 0 Å². The molecule has 3 heterocycles. The Morgan fingerprint density at radius 2 is 2.04 bits per heavy atom. The molecule has 0 aliphatic carbocycles. The van der Waals surface area contributed by atoms with Gasteiger partial charge in [0.1, 0.15) is 12.3 Å². The fourth-order valence-electron chi connectivity index (χ4n) is 4.95. The Hall–Kier alpha value is -1.01. The Labute approximate surface area is 151 Å². The molecule has 3 rings (SSSR count). The molecule has 8 nitrogen and oxygen atoms in total. The Morgan fingerprint density at radius 3 is 2.54 bits per heavy atom. The maximum Gasteiger partial charge on any atom is 0.403 e. The SMILES string of the molecule is CCN1CC(C)C(C2CC(C(F)(F)F)NC(O)C2C2(C)N=NNN2)N1C. The van der Waals surface area contributed by atoms with Crippen LogP contribution in [-0.4, -0.2) is 65.4 Å². The molecule has 7 atom stereocenters. The van der Waals surface area contributed by atoms with Gasteiger partial charge in [-0.15, -0.1) is 5.11 Å². The molecule has 2 saturated heterocycles. The average molecular weight is 379 g/mol. The number of piperidine rings is 1. The first-order valence-electron chi connectivity index (χ1n) is 9.01. The van der Waals surface area contributed by atoms with Crippen molar-refractivity contribution in [2.45, 2.75) is 57.3 Å². The van der Waals surface area contributed by atoms with Gasteiger partial charge in [0, 0.05) is 32.1 Å². The summed E-state index contributed by atoms with van der Waals surface area (Å²) in [6, 6.07) is -1.87. The number of alkyl halides is 3. The highest BCUT2D eigenvalue weighted by Gasteiger charge is 2.58. The molecule has 0 aromatic heterocycles. The molecule has 26 heavy (non-hydrogen) atoms. The zero-order chi connectivity index (χ0) is 19.3. The minimum Gasteiger partial charge on any atom is -0.378 e. The standard InChI is InChI=1S/C15H28F3N7O/c1-5-25-7-8(2)12(24(25)4)9-6-10(15(16,17)18)19-13(26)11(9)14(3)20-22-23-21-14/h8-13,19,26H,5-7H2,1-4H3,(H,20,23)(H,21,22). The van der Waals surface area contributed by atoms with Gasteiger partial charge in [0.15, 0.2) is 5.66 Å². The molecule has 3 aliphatic rings. The number of nitrogens with one attached hydrogen (secondary N) is 3. The molecular weight excluding hydrogens is 351 g/mol. The van der Waals surface area contributed by atoms with Crippen molar-refractivity contribution in [1.82, 2.24) is 26.3 Å². The van der Waals surface area contributed by atoms with Crippen molar-refractivity contribution in [3.05, 3.63) is 0 Å². The fraction of sp³-hybridized carbons (Fsp3) is 1.00. The van der Waals surface area contributed by atoms with E-state index < -0.39 is 35.9 Å². The van der Waals surface area contributed by atoms with E-state index in [1.54, 1.807) is 6.92 Å². The first kappa shape index (κ1) is 19.7. The largest absolute Gasteiger partial charge is 0.403 e. The van der Waals surface area contributed by atoms with E-state index in [0.717, 1.165) is 13.1 Å². The first-order valence-corrected chi connectivity index (χ1v) is 9.01. The molecule has 0 bridgehead atoms. The Kier molecular flexibility index (Phi) is 5.21. The second kappa shape index (κ2) is 6.86. The number of nitrogens with zero attached hydrogens (tertiary/aromatic N) is 4. The predicted molar refractivity (Wildman–Crippen MR) is 88.1 cm³/mol. The fourth-order valence-corrected chi connectivity index (χ4v) is 4.95. The van der Waals surface area contributed by atoms with E-state index in [1.165, 1.54) is 0 Å². The van der Waals surface area contributed by atoms with Gasteiger partial charge in [0.25, 0.3) is 0 Å². The van der Waals surface area contributed by atoms with Crippen LogP contribution in [0, 0.1) is 17.8 Å². The second-order valence-electron chi connectivity index (χ2n) is 7.76. The van der Waals surface area contributed by atoms with Gasteiger partial charge in [0.2, 0.25) is 0 Å². The van der Waals surface area contributed by atoms with E-state index in [4.69, 9.17) is 0 Å². The van der Waals surface area contributed by atoms with Crippen LogP contribution in [-0.2, 0) is 0 Å². The van der Waals surface area contributed by atoms with Crippen LogP contribution in [0.4, 0.5) is 13.2 Å². The summed E-state index contributed by atoms with van der Waals surface area (Å²) in [7, 11) is 1.91. The molecule has 0 radical (unpaired) electrons. The lowest BCUT2D eigenvalue weighted by Crippen LogP contribution is -2.67. The van der Waals surface area contributed by atoms with Gasteiger partial charge in [-0.1, -0.05) is 19.1 Å². The van der Waals surface area contributed by atoms with Crippen LogP contribution in [0.2, 0.25) is 0 Å². The Bertz CT molecular complexity index is 548. The van der Waals surface area contributed by atoms with Gasteiger partial charge >= 0.3 is 6.18 Å². The molecule has 0 amide bonds. The molecule has 0 aromatic carbocycles. The lowest BCUT2D eigenvalue weighted by molar-refractivity contribution is -0.195. The zero-order valence-electron chi connectivity index (χ0n) is 15.5. The minimum atomic E-state index is -4.42. The lowest BCUT2D eigenvalue weighted by Gasteiger charge is -2.49. The van der Waals surface area contributed by atoms with Crippen molar-refractivity contribution in [2.75, 3.05) is 20.1 Å². The number of aliphatic hydroxyl groups is 1. The molecule has 0 spiro atoms. The molecular formula is C15H28F3N7O. The van der Waals surface area contributed by atoms with E-state index in [2.05, 4.69) is 38.5 Å². The molecule has 0 aromatic rings. The zero-order valence-corrected chi connectivity index (χ0v) is 15.5. The average Bonchev–Trinajstić information content (AvgIpc) is 3.09. The monoisotopic (exact) mass is 379 g/mol. The van der Waals surface area contributed by atoms with Crippen molar-refractivity contribution in [1.29, 1.82) is 0 Å². The van der Waals surface area contributed by atoms with E-state index in [1.807, 2.05) is 19.0 Å². The van der Waals surface area contributed by atoms with Crippen LogP contribution < -0.4 is 16.3 Å². The smallest absolute Gasteiger partial charge is 0.378 e. The van der Waals surface area contributed by atoms with Gasteiger partial charge in [-0.05, 0) is 25.2 Å². The number of hydrogen-bond acceptors (Lipinski definition) is 8. The number of halogens is 3. The predicted octanol–water partition coefficient (Wildman–Crippen LogP) is 0.840. The van der Waals surface area contributed by atoms with Gasteiger partial charge < -0.3 is 5.11 Å². The molecule has 2 fully saturated rings. The summed E-state index contributed by atoms with van der Waals surface area (Å²) in [5.41, 5.74) is 4.45. The minimum absolute atomic E-state index is 0.116. The summed E-state index contributed by atoms with van der Waals surface area (Å²) in [6.45, 7) is 7.39. The maximum atomic E-state index is 13.4. The van der Waals surface area contributed by atoms with E-state index >= 15 is 0 Å². The van der Waals surface area contributed by atoms with Crippen LogP contribution >= 0.6 is 0 Å². The maximum absolute atomic E-state index is 13.4. The molecule has 3 aliphatic heterocycles. The van der Waals surface area contributed by atoms with Crippen LogP contribution in [0.15, 0.2) is 10.3 Å². The van der Waals surface area contributed by atoms with Crippen LogP contribution in [0.5, 0.6) is 0 Å². The quantitative estimate of drug-likeness (QED) is 0.581. The second-order valence-corrected chi connectivity index (χ2v) is 7.76. The highest BCUT2D eigenvalue weighted by Crippen LogP contribution is 2.45.